The van der Waals surface area contributed by atoms with Crippen LogP contribution in [0.2, 0.25) is 0 Å². The first-order valence-electron chi connectivity index (χ1n) is 4.02. The van der Waals surface area contributed by atoms with Gasteiger partial charge in [-0.3, -0.25) is 0 Å². The smallest absolute Gasteiger partial charge is 0.0575 e. The number of aliphatic hydroxyl groups excluding tert-OH is 1. The second-order valence-electron chi connectivity index (χ2n) is 2.70. The molecule has 1 N–H and O–H groups in total. The highest BCUT2D eigenvalue weighted by Crippen LogP contribution is 2.02. The van der Waals surface area contributed by atoms with Crippen molar-refractivity contribution in [1.82, 2.24) is 0 Å². The monoisotopic (exact) mass is 161 g/mol. The maximum absolute atomic E-state index is 8.87. The Morgan fingerprint density at radius 2 is 2.00 bits per heavy atom. The molecule has 0 bridgehead atoms. The summed E-state index contributed by atoms with van der Waals surface area (Å²) < 4.78 is 0. The molecular weight excluding hydrogens is 148 g/mol. The Bertz CT molecular complexity index is 236. The molecule has 0 spiro atoms. The molecule has 63 valence electrons. The zero-order chi connectivity index (χ0) is 8.81. The van der Waals surface area contributed by atoms with Gasteiger partial charge in [0.05, 0.1) is 6.10 Å². The molecule has 1 aromatic rings. The molecule has 1 rings (SSSR count). The van der Waals surface area contributed by atoms with E-state index in [0.717, 1.165) is 5.56 Å². The maximum atomic E-state index is 8.87. The Morgan fingerprint density at radius 1 is 1.33 bits per heavy atom. The van der Waals surface area contributed by atoms with Gasteiger partial charge in [0.25, 0.3) is 0 Å². The first-order chi connectivity index (χ1) is 5.79. The lowest BCUT2D eigenvalue weighted by molar-refractivity contribution is 0.224. The number of benzene rings is 1. The Labute approximate surface area is 73.4 Å². The Hall–Kier alpha value is -1.08. The van der Waals surface area contributed by atoms with Gasteiger partial charge in [-0.05, 0) is 18.9 Å². The van der Waals surface area contributed by atoms with E-state index in [-0.39, 0.29) is 0 Å². The highest BCUT2D eigenvalue weighted by molar-refractivity contribution is 5.48. The molecule has 0 fully saturated rings. The molecule has 0 aliphatic carbocycles. The van der Waals surface area contributed by atoms with Crippen molar-refractivity contribution in [3.8, 4) is 0 Å². The van der Waals surface area contributed by atoms with Gasteiger partial charge in [0.15, 0.2) is 0 Å². The molecule has 0 saturated carbocycles. The highest BCUT2D eigenvalue weighted by Gasteiger charge is 1.88. The van der Waals surface area contributed by atoms with Crippen LogP contribution in [0, 0.1) is 6.92 Å². The number of aliphatic hydroxyl groups is 1. The van der Waals surface area contributed by atoms with Crippen molar-refractivity contribution < 1.29 is 5.11 Å². The molecular formula is C11H13O. The Kier molecular flexibility index (Phi) is 3.55. The lowest BCUT2D eigenvalue weighted by Crippen LogP contribution is -1.95. The zero-order valence-electron chi connectivity index (χ0n) is 6.98. The van der Waals surface area contributed by atoms with E-state index in [0.29, 0.717) is 6.42 Å². The summed E-state index contributed by atoms with van der Waals surface area (Å²) in [5, 5.41) is 8.87. The van der Waals surface area contributed by atoms with Gasteiger partial charge < -0.3 is 5.11 Å². The summed E-state index contributed by atoms with van der Waals surface area (Å²) in [6.07, 6.45) is 4.01. The van der Waals surface area contributed by atoms with Gasteiger partial charge in [-0.25, -0.2) is 0 Å². The van der Waals surface area contributed by atoms with E-state index in [9.17, 15) is 0 Å². The normalized spacial score (nSPS) is 13.5. The van der Waals surface area contributed by atoms with Crippen LogP contribution in [-0.4, -0.2) is 11.2 Å². The fourth-order valence-electron chi connectivity index (χ4n) is 0.925. The highest BCUT2D eigenvalue weighted by atomic mass is 16.3. The standard InChI is InChI=1S/C11H13O/c1-10(12)6-5-9-11-7-3-2-4-8-11/h2-5,7-10,12H,1,6H2. The van der Waals surface area contributed by atoms with Crippen LogP contribution in [-0.2, 0) is 0 Å². The minimum Gasteiger partial charge on any atom is -0.393 e. The molecule has 1 aromatic carbocycles. The number of hydrogen-bond donors (Lipinski definition) is 1. The zero-order valence-corrected chi connectivity index (χ0v) is 6.98. The third-order valence-electron chi connectivity index (χ3n) is 1.52. The quantitative estimate of drug-likeness (QED) is 0.721. The number of hydrogen-bond acceptors (Lipinski definition) is 1. The van der Waals surface area contributed by atoms with Crippen LogP contribution >= 0.6 is 0 Å². The predicted octanol–water partition coefficient (Wildman–Crippen LogP) is 2.28. The van der Waals surface area contributed by atoms with E-state index in [1.54, 1.807) is 0 Å². The van der Waals surface area contributed by atoms with Crippen LogP contribution in [0.5, 0.6) is 0 Å². The van der Waals surface area contributed by atoms with Gasteiger partial charge >= 0.3 is 0 Å². The average molecular weight is 161 g/mol. The molecule has 0 saturated heterocycles. The van der Waals surface area contributed by atoms with Crippen LogP contribution in [0.4, 0.5) is 0 Å². The van der Waals surface area contributed by atoms with Gasteiger partial charge in [0.2, 0.25) is 0 Å². The molecule has 1 atom stereocenters. The van der Waals surface area contributed by atoms with Crippen LogP contribution in [0.3, 0.4) is 0 Å². The van der Waals surface area contributed by atoms with E-state index >= 15 is 0 Å². The molecule has 1 unspecified atom stereocenters. The maximum Gasteiger partial charge on any atom is 0.0575 e. The van der Waals surface area contributed by atoms with Crippen LogP contribution in [0.1, 0.15) is 12.0 Å². The summed E-state index contributed by atoms with van der Waals surface area (Å²) >= 11 is 0. The van der Waals surface area contributed by atoms with Crippen molar-refractivity contribution in [2.45, 2.75) is 12.5 Å². The molecule has 1 heteroatoms. The molecule has 0 amide bonds. The third kappa shape index (κ3) is 3.35. The molecule has 0 aromatic heterocycles. The average Bonchev–Trinajstić information content (AvgIpc) is 2.05. The van der Waals surface area contributed by atoms with Crippen molar-refractivity contribution in [2.75, 3.05) is 0 Å². The Balaban J connectivity index is 2.47. The van der Waals surface area contributed by atoms with E-state index < -0.39 is 6.10 Å². The molecule has 0 aliphatic heterocycles. The van der Waals surface area contributed by atoms with Crippen LogP contribution in [0.25, 0.3) is 6.08 Å². The largest absolute Gasteiger partial charge is 0.393 e. The molecule has 12 heavy (non-hydrogen) atoms. The van der Waals surface area contributed by atoms with Gasteiger partial charge in [-0.15, -0.1) is 0 Å². The van der Waals surface area contributed by atoms with E-state index in [1.165, 1.54) is 0 Å². The minimum absolute atomic E-state index is 0.495. The molecule has 1 radical (unpaired) electrons. The second kappa shape index (κ2) is 4.73. The summed E-state index contributed by atoms with van der Waals surface area (Å²) in [5.74, 6) is 0. The van der Waals surface area contributed by atoms with Crippen LogP contribution in [0.15, 0.2) is 36.4 Å². The topological polar surface area (TPSA) is 20.2 Å². The van der Waals surface area contributed by atoms with E-state index in [2.05, 4.69) is 6.92 Å². The number of rotatable bonds is 3. The first kappa shape index (κ1) is 9.01. The lowest BCUT2D eigenvalue weighted by Gasteiger charge is -1.96. The summed E-state index contributed by atoms with van der Waals surface area (Å²) in [7, 11) is 0. The SMILES string of the molecule is [CH2]C(O)CC=Cc1ccccc1. The lowest BCUT2D eigenvalue weighted by atomic mass is 10.2. The van der Waals surface area contributed by atoms with Crippen molar-refractivity contribution in [3.05, 3.63) is 48.9 Å². The van der Waals surface area contributed by atoms with E-state index in [4.69, 9.17) is 5.11 Å². The summed E-state index contributed by atoms with van der Waals surface area (Å²) in [4.78, 5) is 0. The van der Waals surface area contributed by atoms with Gasteiger partial charge in [-0.1, -0.05) is 42.5 Å². The van der Waals surface area contributed by atoms with Crippen molar-refractivity contribution >= 4 is 6.08 Å². The predicted molar refractivity (Wildman–Crippen MR) is 51.5 cm³/mol. The molecule has 0 aliphatic rings. The fraction of sp³-hybridized carbons (Fsp3) is 0.182. The fourth-order valence-corrected chi connectivity index (χ4v) is 0.925. The van der Waals surface area contributed by atoms with Gasteiger partial charge in [0, 0.05) is 0 Å². The minimum atomic E-state index is -0.495. The Morgan fingerprint density at radius 3 is 2.58 bits per heavy atom. The molecule has 1 nitrogen and oxygen atoms in total. The second-order valence-corrected chi connectivity index (χ2v) is 2.70. The van der Waals surface area contributed by atoms with Crippen molar-refractivity contribution in [3.63, 3.8) is 0 Å². The first-order valence-corrected chi connectivity index (χ1v) is 4.02. The van der Waals surface area contributed by atoms with Gasteiger partial charge in [0.1, 0.15) is 0 Å². The summed E-state index contributed by atoms with van der Waals surface area (Å²) in [5.41, 5.74) is 1.15. The van der Waals surface area contributed by atoms with Gasteiger partial charge in [-0.2, -0.15) is 0 Å². The van der Waals surface area contributed by atoms with Crippen molar-refractivity contribution in [2.24, 2.45) is 0 Å². The summed E-state index contributed by atoms with van der Waals surface area (Å²) in [6, 6.07) is 9.99. The van der Waals surface area contributed by atoms with E-state index in [1.807, 2.05) is 42.5 Å². The van der Waals surface area contributed by atoms with Crippen molar-refractivity contribution in [1.29, 1.82) is 0 Å². The van der Waals surface area contributed by atoms with Crippen LogP contribution < -0.4 is 0 Å². The molecule has 0 heterocycles. The third-order valence-corrected chi connectivity index (χ3v) is 1.52. The summed E-state index contributed by atoms with van der Waals surface area (Å²) in [6.45, 7) is 3.47.